The van der Waals surface area contributed by atoms with Crippen molar-refractivity contribution < 1.29 is 0 Å². The fourth-order valence-corrected chi connectivity index (χ4v) is 21.5. The standard InChI is InChI=1S/C138H94BN3/c1-13-37-95(38-14-1)103-61-65-105(66-62-103)107-69-75-122(76-70-107)140(123-77-71-108(72-78-123)106-67-63-104(64-68-106)96-39-15-2-16-40-96)125-93-134-137-135(94-125)142(138-128(111-57-33-11-34-58-111)87-120(88-129(138)112-59-35-12-36-60-112)119-83-115(99-45-21-5-22-46-99)81-116(84-119)100-47-23-6-24-48-100)133-80-74-114(98-43-19-4-20-44-98)90-131(133)139(137)130-89-113(97-41-17-3-18-42-97)73-79-132(130)141(134)124-91-126(109-53-29-9-30-54-109)136(127(92-124)110-55-31-10-32-56-110)121-85-117(101-49-25-7-26-50-101)82-118(86-121)102-51-27-8-28-52-102/h1-94H. The van der Waals surface area contributed by atoms with Crippen LogP contribution in [-0.2, 0) is 0 Å². The predicted molar refractivity (Wildman–Crippen MR) is 602 cm³/mol. The summed E-state index contributed by atoms with van der Waals surface area (Å²) in [4.78, 5) is 7.89. The van der Waals surface area contributed by atoms with Gasteiger partial charge in [-0.1, -0.05) is 461 Å². The van der Waals surface area contributed by atoms with Crippen LogP contribution < -0.4 is 31.1 Å². The normalized spacial score (nSPS) is 11.8. The summed E-state index contributed by atoms with van der Waals surface area (Å²) < 4.78 is 0. The summed E-state index contributed by atoms with van der Waals surface area (Å²) in [5.41, 5.74) is 48.5. The van der Waals surface area contributed by atoms with E-state index in [1.165, 1.54) is 33.2 Å². The van der Waals surface area contributed by atoms with Crippen LogP contribution in [0, 0.1) is 0 Å². The van der Waals surface area contributed by atoms with E-state index in [9.17, 15) is 0 Å². The van der Waals surface area contributed by atoms with Crippen molar-refractivity contribution >= 4 is 74.3 Å². The molecule has 2 heterocycles. The monoisotopic (exact) mass is 1800 g/mol. The molecule has 2 aliphatic heterocycles. The fourth-order valence-electron chi connectivity index (χ4n) is 21.5. The maximum atomic E-state index is 2.71. The first-order valence-corrected chi connectivity index (χ1v) is 49.0. The fraction of sp³-hybridized carbons (Fsp3) is 0. The molecule has 664 valence electrons. The SMILES string of the molecule is c1ccc(-c2ccc(-c3ccc(N(c4ccc(-c5ccc(-c6ccccc6)cc5)cc4)c4cc5c6c(c4)N(c4c(-c7ccccc7)cc(-c7cc(-c8ccccc8)cc(-c8ccccc8)c7)cc4-c4ccccc4)c4ccc(-c7ccccc7)cc4B6c4cc(-c6ccccc6)ccc4N5c4cc(-c5ccccc5)c(-c5cc(-c6ccccc6)cc(-c6ccccc6)c5)c(-c5ccccc5)c4)cc3)cc2)cc1. The Bertz CT molecular complexity index is 8150. The van der Waals surface area contributed by atoms with Gasteiger partial charge in [0.2, 0.25) is 0 Å². The van der Waals surface area contributed by atoms with Gasteiger partial charge in [-0.15, -0.1) is 0 Å². The van der Waals surface area contributed by atoms with Gasteiger partial charge in [-0.25, -0.2) is 0 Å². The minimum atomic E-state index is -0.382. The minimum absolute atomic E-state index is 0.382. The Balaban J connectivity index is 0.815. The average molecular weight is 1810 g/mol. The highest BCUT2D eigenvalue weighted by atomic mass is 15.2. The van der Waals surface area contributed by atoms with Gasteiger partial charge >= 0.3 is 0 Å². The molecule has 0 radical (unpaired) electrons. The smallest absolute Gasteiger partial charge is 0.252 e. The summed E-state index contributed by atoms with van der Waals surface area (Å²) in [5, 5.41) is 0. The predicted octanol–water partition coefficient (Wildman–Crippen LogP) is 35.9. The summed E-state index contributed by atoms with van der Waals surface area (Å²) in [7, 11) is 0. The average Bonchev–Trinajstić information content (AvgIpc) is 0.684. The zero-order valence-electron chi connectivity index (χ0n) is 78.2. The summed E-state index contributed by atoms with van der Waals surface area (Å²) >= 11 is 0. The Morgan fingerprint density at radius 1 is 0.141 bits per heavy atom. The van der Waals surface area contributed by atoms with Crippen LogP contribution in [0.5, 0.6) is 0 Å². The Kier molecular flexibility index (Phi) is 22.5. The second kappa shape index (κ2) is 37.5. The molecule has 23 aromatic rings. The third-order valence-electron chi connectivity index (χ3n) is 28.4. The van der Waals surface area contributed by atoms with Crippen LogP contribution in [0.25, 0.3) is 178 Å². The van der Waals surface area contributed by atoms with E-state index in [0.29, 0.717) is 0 Å². The minimum Gasteiger partial charge on any atom is -0.311 e. The van der Waals surface area contributed by atoms with E-state index in [-0.39, 0.29) is 6.71 Å². The van der Waals surface area contributed by atoms with Crippen LogP contribution >= 0.6 is 0 Å². The maximum absolute atomic E-state index is 2.71. The van der Waals surface area contributed by atoms with E-state index >= 15 is 0 Å². The van der Waals surface area contributed by atoms with Crippen LogP contribution in [0.15, 0.2) is 570 Å². The third kappa shape index (κ3) is 16.5. The molecule has 0 aliphatic carbocycles. The molecule has 0 saturated carbocycles. The van der Waals surface area contributed by atoms with E-state index < -0.39 is 0 Å². The van der Waals surface area contributed by atoms with Crippen molar-refractivity contribution in [1.29, 1.82) is 0 Å². The summed E-state index contributed by atoms with van der Waals surface area (Å²) in [6.45, 7) is -0.382. The second-order valence-electron chi connectivity index (χ2n) is 37.0. The number of nitrogens with zero attached hydrogens (tertiary/aromatic N) is 3. The first-order valence-electron chi connectivity index (χ1n) is 49.0. The Labute approximate surface area is 831 Å². The lowest BCUT2D eigenvalue weighted by molar-refractivity contribution is 1.23. The van der Waals surface area contributed by atoms with E-state index in [2.05, 4.69) is 585 Å². The van der Waals surface area contributed by atoms with Crippen molar-refractivity contribution in [2.24, 2.45) is 0 Å². The van der Waals surface area contributed by atoms with E-state index in [1.807, 2.05) is 0 Å². The molecule has 0 saturated heterocycles. The van der Waals surface area contributed by atoms with E-state index in [1.54, 1.807) is 0 Å². The number of benzene rings is 23. The zero-order valence-corrected chi connectivity index (χ0v) is 78.2. The first-order chi connectivity index (χ1) is 70.4. The van der Waals surface area contributed by atoms with Gasteiger partial charge in [0.1, 0.15) is 0 Å². The maximum Gasteiger partial charge on any atom is 0.252 e. The molecular formula is C138H94BN3. The molecule has 2 aliphatic rings. The van der Waals surface area contributed by atoms with Gasteiger partial charge < -0.3 is 14.7 Å². The molecule has 25 rings (SSSR count). The second-order valence-corrected chi connectivity index (χ2v) is 37.0. The van der Waals surface area contributed by atoms with E-state index in [0.717, 1.165) is 212 Å². The molecule has 0 unspecified atom stereocenters. The van der Waals surface area contributed by atoms with Gasteiger partial charge in [0.05, 0.1) is 11.4 Å². The zero-order chi connectivity index (χ0) is 94.2. The molecule has 0 aromatic heterocycles. The molecule has 0 amide bonds. The number of hydrogen-bond acceptors (Lipinski definition) is 3. The number of hydrogen-bond donors (Lipinski definition) is 0. The quantitative estimate of drug-likeness (QED) is 0.0664. The third-order valence-corrected chi connectivity index (χ3v) is 28.4. The number of rotatable bonds is 21. The van der Waals surface area contributed by atoms with Gasteiger partial charge in [0.15, 0.2) is 0 Å². The van der Waals surface area contributed by atoms with Crippen LogP contribution in [0.3, 0.4) is 0 Å². The lowest BCUT2D eigenvalue weighted by Gasteiger charge is -2.46. The van der Waals surface area contributed by atoms with Crippen molar-refractivity contribution in [3.05, 3.63) is 570 Å². The van der Waals surface area contributed by atoms with Crippen LogP contribution in [0.2, 0.25) is 0 Å². The Morgan fingerprint density at radius 2 is 0.359 bits per heavy atom. The Morgan fingerprint density at radius 3 is 0.662 bits per heavy atom. The van der Waals surface area contributed by atoms with Crippen molar-refractivity contribution in [3.8, 4) is 178 Å². The van der Waals surface area contributed by atoms with Crippen LogP contribution in [-0.4, -0.2) is 6.71 Å². The van der Waals surface area contributed by atoms with Crippen molar-refractivity contribution in [2.75, 3.05) is 14.7 Å². The van der Waals surface area contributed by atoms with Crippen LogP contribution in [0.1, 0.15) is 0 Å². The Hall–Kier alpha value is -18.5. The van der Waals surface area contributed by atoms with Crippen LogP contribution in [0.4, 0.5) is 51.2 Å². The molecule has 142 heavy (non-hydrogen) atoms. The van der Waals surface area contributed by atoms with Gasteiger partial charge in [0, 0.05) is 50.9 Å². The number of fused-ring (bicyclic) bond motifs is 4. The van der Waals surface area contributed by atoms with Gasteiger partial charge in [-0.3, -0.25) is 0 Å². The first kappa shape index (κ1) is 85.2. The molecule has 0 atom stereocenters. The highest BCUT2D eigenvalue weighted by Crippen LogP contribution is 2.57. The molecular weight excluding hydrogens is 1710 g/mol. The topological polar surface area (TPSA) is 9.72 Å². The van der Waals surface area contributed by atoms with E-state index in [4.69, 9.17) is 0 Å². The molecule has 0 bridgehead atoms. The van der Waals surface area contributed by atoms with Gasteiger partial charge in [-0.05, 0) is 292 Å². The summed E-state index contributed by atoms with van der Waals surface area (Å²) in [6.07, 6.45) is 0. The number of anilines is 9. The highest BCUT2D eigenvalue weighted by Gasteiger charge is 2.46. The molecule has 0 fully saturated rings. The summed E-state index contributed by atoms with van der Waals surface area (Å²) in [5.74, 6) is 0. The highest BCUT2D eigenvalue weighted by molar-refractivity contribution is 7.00. The van der Waals surface area contributed by atoms with Gasteiger partial charge in [0.25, 0.3) is 6.71 Å². The lowest BCUT2D eigenvalue weighted by Crippen LogP contribution is -2.61. The lowest BCUT2D eigenvalue weighted by atomic mass is 9.33. The van der Waals surface area contributed by atoms with Gasteiger partial charge in [-0.2, -0.15) is 0 Å². The van der Waals surface area contributed by atoms with Crippen molar-refractivity contribution in [1.82, 2.24) is 0 Å². The van der Waals surface area contributed by atoms with Crippen molar-refractivity contribution in [2.45, 2.75) is 0 Å². The molecule has 0 N–H and O–H groups in total. The molecule has 3 nitrogen and oxygen atoms in total. The molecule has 4 heteroatoms. The molecule has 23 aromatic carbocycles. The summed E-state index contributed by atoms with van der Waals surface area (Å²) in [6, 6.07) is 213. The largest absolute Gasteiger partial charge is 0.311 e. The van der Waals surface area contributed by atoms with Crippen molar-refractivity contribution in [3.63, 3.8) is 0 Å². The molecule has 0 spiro atoms.